The molecule has 3 aromatic rings. The zero-order valence-corrected chi connectivity index (χ0v) is 24.1. The summed E-state index contributed by atoms with van der Waals surface area (Å²) in [4.78, 5) is 37.6. The van der Waals surface area contributed by atoms with E-state index >= 15 is 0 Å². The molecule has 0 aliphatic rings. The van der Waals surface area contributed by atoms with Crippen molar-refractivity contribution < 1.29 is 38.1 Å². The molecule has 41 heavy (non-hydrogen) atoms. The van der Waals surface area contributed by atoms with Crippen LogP contribution >= 0.6 is 0 Å². The van der Waals surface area contributed by atoms with E-state index < -0.39 is 11.9 Å². The van der Waals surface area contributed by atoms with Gasteiger partial charge >= 0.3 is 11.9 Å². The zero-order valence-electron chi connectivity index (χ0n) is 24.1. The van der Waals surface area contributed by atoms with E-state index in [4.69, 9.17) is 24.7 Å². The number of rotatable bonds is 13. The van der Waals surface area contributed by atoms with Crippen molar-refractivity contribution in [1.29, 1.82) is 0 Å². The van der Waals surface area contributed by atoms with Crippen molar-refractivity contribution in [3.05, 3.63) is 84.2 Å². The monoisotopic (exact) mass is 566 g/mol. The minimum absolute atomic E-state index is 0.0451. The molecule has 1 unspecified atom stereocenters. The van der Waals surface area contributed by atoms with Crippen molar-refractivity contribution in [1.82, 2.24) is 4.98 Å². The molecule has 1 aromatic heterocycles. The van der Waals surface area contributed by atoms with Crippen molar-refractivity contribution >= 4 is 17.8 Å². The second-order valence-electron chi connectivity index (χ2n) is 9.27. The summed E-state index contributed by atoms with van der Waals surface area (Å²) in [5.41, 5.74) is 6.18. The molecular weight excluding hydrogens is 528 g/mol. The van der Waals surface area contributed by atoms with E-state index in [0.29, 0.717) is 12.8 Å². The maximum atomic E-state index is 12.1. The lowest BCUT2D eigenvalue weighted by atomic mass is 10.0. The highest BCUT2D eigenvalue weighted by molar-refractivity contribution is 5.94. The number of nitrogens with two attached hydrogens (primary N) is 1. The topological polar surface area (TPSA) is 136 Å². The van der Waals surface area contributed by atoms with Crippen molar-refractivity contribution in [2.75, 3.05) is 13.9 Å². The summed E-state index contributed by atoms with van der Waals surface area (Å²) in [5.74, 6) is -0.0981. The van der Waals surface area contributed by atoms with Gasteiger partial charge in [-0.1, -0.05) is 62.4 Å². The van der Waals surface area contributed by atoms with Crippen LogP contribution in [0, 0.1) is 5.92 Å². The molecule has 0 saturated carbocycles. The standard InChI is InChI=1S/C21H26O3.C10H12N2O5/c1-16(2)21(24-19-12-8-5-9-13-19)17(3)23-20(22)15-14-18-10-6-4-7-11-18;1-6(13)16-5-17-9-7(15-2)3-4-12-8(9)10(11)14/h4-13,16-17,21H,14-15H2,1-3H3;3-4H,5H2,1-2H3,(H2,11,14)/t17?,21-;/m1./s1. The first-order chi connectivity index (χ1) is 19.6. The fourth-order valence-electron chi connectivity index (χ4n) is 3.73. The van der Waals surface area contributed by atoms with Crippen molar-refractivity contribution in [3.8, 4) is 17.2 Å². The average molecular weight is 567 g/mol. The number of primary amides is 1. The molecule has 2 atom stereocenters. The summed E-state index contributed by atoms with van der Waals surface area (Å²) in [7, 11) is 1.40. The third kappa shape index (κ3) is 11.6. The van der Waals surface area contributed by atoms with Gasteiger partial charge in [0.2, 0.25) is 6.79 Å². The first-order valence-electron chi connectivity index (χ1n) is 13.2. The number of carbonyl (C=O) groups excluding carboxylic acids is 3. The molecule has 0 bridgehead atoms. The molecule has 10 nitrogen and oxygen atoms in total. The first-order valence-corrected chi connectivity index (χ1v) is 13.2. The predicted octanol–water partition coefficient (Wildman–Crippen LogP) is 4.74. The van der Waals surface area contributed by atoms with Crippen LogP contribution in [0.25, 0.3) is 0 Å². The van der Waals surface area contributed by atoms with Gasteiger partial charge in [0.15, 0.2) is 17.2 Å². The molecule has 2 aromatic carbocycles. The van der Waals surface area contributed by atoms with Gasteiger partial charge in [-0.05, 0) is 37.0 Å². The largest absolute Gasteiger partial charge is 0.493 e. The van der Waals surface area contributed by atoms with Crippen LogP contribution in [-0.2, 0) is 25.5 Å². The predicted molar refractivity (Wildman–Crippen MR) is 153 cm³/mol. The molecule has 1 amide bonds. The Bertz CT molecular complexity index is 1240. The Balaban J connectivity index is 0.000000305. The molecule has 2 N–H and O–H groups in total. The Morgan fingerprint density at radius 3 is 2.12 bits per heavy atom. The Morgan fingerprint density at radius 1 is 0.927 bits per heavy atom. The fourth-order valence-corrected chi connectivity index (χ4v) is 3.73. The summed E-state index contributed by atoms with van der Waals surface area (Å²) >= 11 is 0. The minimum Gasteiger partial charge on any atom is -0.493 e. The maximum Gasteiger partial charge on any atom is 0.306 e. The average Bonchev–Trinajstić information content (AvgIpc) is 2.95. The van der Waals surface area contributed by atoms with Gasteiger partial charge in [-0.3, -0.25) is 14.4 Å². The van der Waals surface area contributed by atoms with Crippen LogP contribution in [0.15, 0.2) is 72.9 Å². The van der Waals surface area contributed by atoms with Crippen LogP contribution in [0.5, 0.6) is 17.2 Å². The zero-order chi connectivity index (χ0) is 30.2. The second-order valence-corrected chi connectivity index (χ2v) is 9.27. The highest BCUT2D eigenvalue weighted by atomic mass is 16.7. The normalized spacial score (nSPS) is 11.8. The fraction of sp³-hybridized carbons (Fsp3) is 0.355. The molecule has 0 aliphatic heterocycles. The van der Waals surface area contributed by atoms with Crippen molar-refractivity contribution in [2.45, 2.75) is 52.7 Å². The van der Waals surface area contributed by atoms with Gasteiger partial charge in [0.1, 0.15) is 18.0 Å². The van der Waals surface area contributed by atoms with Gasteiger partial charge in [-0.15, -0.1) is 0 Å². The molecular formula is C31H38N2O8. The van der Waals surface area contributed by atoms with Crippen molar-refractivity contribution in [2.24, 2.45) is 11.7 Å². The van der Waals surface area contributed by atoms with Crippen LogP contribution < -0.4 is 19.9 Å². The number of methoxy groups -OCH3 is 1. The summed E-state index contributed by atoms with van der Waals surface area (Å²) in [6.45, 7) is 6.92. The number of para-hydroxylation sites is 1. The van der Waals surface area contributed by atoms with Crippen LogP contribution in [0.3, 0.4) is 0 Å². The molecule has 3 rings (SSSR count). The van der Waals surface area contributed by atoms with Crippen molar-refractivity contribution in [3.63, 3.8) is 0 Å². The number of amides is 1. The van der Waals surface area contributed by atoms with Gasteiger partial charge in [0, 0.05) is 25.6 Å². The lowest BCUT2D eigenvalue weighted by molar-refractivity contribution is -0.154. The maximum absolute atomic E-state index is 12.1. The molecule has 10 heteroatoms. The quantitative estimate of drug-likeness (QED) is 0.230. The summed E-state index contributed by atoms with van der Waals surface area (Å²) in [6.07, 6.45) is 1.96. The highest BCUT2D eigenvalue weighted by Crippen LogP contribution is 2.29. The van der Waals surface area contributed by atoms with E-state index in [0.717, 1.165) is 11.3 Å². The smallest absolute Gasteiger partial charge is 0.306 e. The van der Waals surface area contributed by atoms with Crippen LogP contribution in [-0.4, -0.2) is 48.9 Å². The Kier molecular flexibility index (Phi) is 13.7. The minimum atomic E-state index is -0.762. The number of aryl methyl sites for hydroxylation is 1. The summed E-state index contributed by atoms with van der Waals surface area (Å²) < 4.78 is 26.3. The van der Waals surface area contributed by atoms with Gasteiger partial charge in [0.05, 0.1) is 7.11 Å². The third-order valence-electron chi connectivity index (χ3n) is 5.70. The number of benzene rings is 2. The lowest BCUT2D eigenvalue weighted by Crippen LogP contribution is -2.37. The molecule has 0 aliphatic carbocycles. The number of aromatic nitrogens is 1. The van der Waals surface area contributed by atoms with E-state index in [1.165, 1.54) is 26.3 Å². The first kappa shape index (κ1) is 32.6. The van der Waals surface area contributed by atoms with E-state index in [9.17, 15) is 14.4 Å². The molecule has 0 radical (unpaired) electrons. The third-order valence-corrected chi connectivity index (χ3v) is 5.70. The second kappa shape index (κ2) is 17.2. The number of nitrogens with zero attached hydrogens (tertiary/aromatic N) is 1. The van der Waals surface area contributed by atoms with E-state index in [1.54, 1.807) is 0 Å². The van der Waals surface area contributed by atoms with E-state index in [2.05, 4.69) is 23.6 Å². The van der Waals surface area contributed by atoms with Crippen LogP contribution in [0.2, 0.25) is 0 Å². The van der Waals surface area contributed by atoms with E-state index in [1.807, 2.05) is 67.6 Å². The van der Waals surface area contributed by atoms with Crippen LogP contribution in [0.1, 0.15) is 50.2 Å². The van der Waals surface area contributed by atoms with E-state index in [-0.39, 0.29) is 48.1 Å². The Labute approximate surface area is 240 Å². The summed E-state index contributed by atoms with van der Waals surface area (Å²) in [6, 6.07) is 21.1. The number of pyridine rings is 1. The SMILES string of the molecule is CC(C)[C@@H](Oc1ccccc1)C(C)OC(=O)CCc1ccccc1.COc1ccnc(C(N)=O)c1OCOC(C)=O. The molecule has 0 fully saturated rings. The number of ether oxygens (including phenoxy) is 5. The summed E-state index contributed by atoms with van der Waals surface area (Å²) in [5, 5.41) is 0. The van der Waals surface area contributed by atoms with Gasteiger partial charge in [0.25, 0.3) is 5.91 Å². The molecule has 1 heterocycles. The number of hydrogen-bond donors (Lipinski definition) is 1. The Hall–Kier alpha value is -4.60. The number of esters is 2. The van der Waals surface area contributed by atoms with Gasteiger partial charge < -0.3 is 29.4 Å². The lowest BCUT2D eigenvalue weighted by Gasteiger charge is -2.28. The number of carbonyl (C=O) groups is 3. The van der Waals surface area contributed by atoms with Gasteiger partial charge in [-0.25, -0.2) is 4.98 Å². The van der Waals surface area contributed by atoms with Gasteiger partial charge in [-0.2, -0.15) is 0 Å². The Morgan fingerprint density at radius 2 is 1.56 bits per heavy atom. The van der Waals surface area contributed by atoms with Crippen LogP contribution in [0.4, 0.5) is 0 Å². The molecule has 220 valence electrons. The molecule has 0 saturated heterocycles. The number of hydrogen-bond acceptors (Lipinski definition) is 9. The highest BCUT2D eigenvalue weighted by Gasteiger charge is 2.26. The molecule has 0 spiro atoms.